The molecule has 14 heteroatoms. The SMILES string of the molecule is CC1(C)OB(B2OC(C)(C)C(C)(C)O2)OC1(C)C.CC1(C)OB(c2ccc3c(c2)-c2cc(-c4ccc(C#N)cc4)ccc2C32c3ccccc3Oc3ccccc32)OC1(C)C.N#Cc1ccc(-c2ccc3c(c2)-c2cc(Cl)ccc2C32c3ccccc3Oc3ccccc32)cc1. The van der Waals surface area contributed by atoms with Gasteiger partial charge in [0.2, 0.25) is 0 Å². The van der Waals surface area contributed by atoms with Crippen molar-refractivity contribution in [2.75, 3.05) is 0 Å². The Morgan fingerprint density at radius 3 is 0.948 bits per heavy atom. The smallest absolute Gasteiger partial charge is 0.457 e. The van der Waals surface area contributed by atoms with Crippen molar-refractivity contribution in [3.05, 3.63) is 279 Å². The molecule has 10 aromatic rings. The van der Waals surface area contributed by atoms with Gasteiger partial charge < -0.3 is 37.4 Å². The summed E-state index contributed by atoms with van der Waals surface area (Å²) < 4.78 is 49.7. The monoisotopic (exact) mass is 1280 g/mol. The number of nitrogens with zero attached hydrogens (tertiary/aromatic N) is 2. The molecule has 5 heterocycles. The molecule has 3 saturated heterocycles. The third-order valence-corrected chi connectivity index (χ3v) is 22.1. The Bertz CT molecular complexity index is 4720. The fourth-order valence-corrected chi connectivity index (χ4v) is 14.9. The van der Waals surface area contributed by atoms with E-state index in [4.69, 9.17) is 49.0 Å². The Labute approximate surface area is 569 Å². The van der Waals surface area contributed by atoms with E-state index in [0.29, 0.717) is 16.1 Å². The summed E-state index contributed by atoms with van der Waals surface area (Å²) in [5.74, 6) is 3.48. The summed E-state index contributed by atoms with van der Waals surface area (Å²) in [5.41, 5.74) is 17.3. The van der Waals surface area contributed by atoms with Crippen LogP contribution in [0.15, 0.2) is 218 Å². The summed E-state index contributed by atoms with van der Waals surface area (Å²) in [7, 11) is -1.42. The van der Waals surface area contributed by atoms with Crippen molar-refractivity contribution in [1.29, 1.82) is 10.5 Å². The normalized spacial score (nSPS) is 19.0. The van der Waals surface area contributed by atoms with Crippen LogP contribution in [-0.4, -0.2) is 54.7 Å². The van der Waals surface area contributed by atoms with Gasteiger partial charge in [-0.25, -0.2) is 0 Å². The molecule has 0 aromatic heterocycles. The average Bonchev–Trinajstić information content (AvgIpc) is 1.51. The molecular weight excluding hydrogens is 1210 g/mol. The third kappa shape index (κ3) is 9.76. The van der Waals surface area contributed by atoms with Crippen LogP contribution >= 0.6 is 11.6 Å². The molecule has 0 radical (unpaired) electrons. The molecule has 0 bridgehead atoms. The summed E-state index contributed by atoms with van der Waals surface area (Å²) in [4.78, 5) is 0. The largest absolute Gasteiger partial charge is 0.494 e. The molecule has 10 aromatic carbocycles. The van der Waals surface area contributed by atoms with Gasteiger partial charge >= 0.3 is 21.1 Å². The van der Waals surface area contributed by atoms with Gasteiger partial charge in [-0.05, 0) is 228 Å². The van der Waals surface area contributed by atoms with Gasteiger partial charge in [-0.2, -0.15) is 10.5 Å². The first-order chi connectivity index (χ1) is 45.8. The minimum Gasteiger partial charge on any atom is -0.457 e. The lowest BCUT2D eigenvalue weighted by atomic mass is 9.49. The van der Waals surface area contributed by atoms with Gasteiger partial charge in [0.15, 0.2) is 0 Å². The zero-order valence-corrected chi connectivity index (χ0v) is 56.8. The van der Waals surface area contributed by atoms with E-state index in [-0.39, 0.29) is 22.4 Å². The summed E-state index contributed by atoms with van der Waals surface area (Å²) in [6.07, 6.45) is 0. The number of benzene rings is 10. The van der Waals surface area contributed by atoms with Crippen molar-refractivity contribution in [3.63, 3.8) is 0 Å². The van der Waals surface area contributed by atoms with Crippen LogP contribution in [0.5, 0.6) is 23.0 Å². The highest BCUT2D eigenvalue weighted by molar-refractivity contribution is 7.11. The Morgan fingerprint density at radius 2 is 0.594 bits per heavy atom. The van der Waals surface area contributed by atoms with Crippen LogP contribution in [0.25, 0.3) is 44.5 Å². The molecule has 10 nitrogen and oxygen atoms in total. The Hall–Kier alpha value is -8.98. The predicted octanol–water partition coefficient (Wildman–Crippen LogP) is 18.6. The van der Waals surface area contributed by atoms with Crippen LogP contribution in [0.4, 0.5) is 0 Å². The standard InChI is InChI=1S/C38H30BNO3.C32H18ClNO.C12H24B2O4/c1-36(2)37(3,4)43-39(42-36)27-18-20-31-29(22-27)28-21-26(25-15-13-24(23-40)14-16-25)17-19-30(28)38(31)32-9-5-7-11-34(32)41-35-12-8-6-10-33(35)38;33-23-14-16-27-25(18-23)24-17-22(21-11-9-20(19-34)10-12-21)13-15-26(24)32(27)28-5-1-3-7-30(28)35-31-8-4-2-6-29(31)32;1-9(2)10(3,4)16-13(15-9)14-17-11(5,6)12(7,8)18-14/h5-22H,1-4H3;1-18H;1-8H3. The molecule has 2 aliphatic carbocycles. The number of rotatable bonds is 4. The van der Waals surface area contributed by atoms with Crippen molar-refractivity contribution in [2.45, 2.75) is 128 Å². The van der Waals surface area contributed by atoms with Crippen LogP contribution in [0.2, 0.25) is 5.02 Å². The number of para-hydroxylation sites is 4. The predicted molar refractivity (Wildman–Crippen MR) is 381 cm³/mol. The highest BCUT2D eigenvalue weighted by atomic mass is 35.5. The number of hydrogen-bond donors (Lipinski definition) is 0. The quantitative estimate of drug-likeness (QED) is 0.157. The summed E-state index contributed by atoms with van der Waals surface area (Å²) in [6, 6.07) is 79.7. The molecule has 0 atom stereocenters. The molecular formula is C82H72B3ClN2O8. The Balaban J connectivity index is 0.000000128. The lowest BCUT2D eigenvalue weighted by Crippen LogP contribution is -2.41. The van der Waals surface area contributed by atoms with Crippen molar-refractivity contribution in [1.82, 2.24) is 0 Å². The molecule has 17 rings (SSSR count). The Kier molecular flexibility index (Phi) is 14.8. The van der Waals surface area contributed by atoms with Crippen molar-refractivity contribution in [2.24, 2.45) is 0 Å². The minimum atomic E-state index is -0.548. The van der Waals surface area contributed by atoms with Gasteiger partial charge in [-0.1, -0.05) is 157 Å². The molecule has 96 heavy (non-hydrogen) atoms. The van der Waals surface area contributed by atoms with E-state index in [2.05, 4.69) is 167 Å². The van der Waals surface area contributed by atoms with Gasteiger partial charge in [0, 0.05) is 27.3 Å². The first-order valence-electron chi connectivity index (χ1n) is 32.9. The van der Waals surface area contributed by atoms with E-state index in [1.54, 1.807) is 0 Å². The average molecular weight is 1280 g/mol. The van der Waals surface area contributed by atoms with E-state index < -0.39 is 43.2 Å². The van der Waals surface area contributed by atoms with Crippen LogP contribution in [0.1, 0.15) is 139 Å². The first-order valence-corrected chi connectivity index (χ1v) is 33.2. The fraction of sp³-hybridized carbons (Fsp3) is 0.244. The molecule has 474 valence electrons. The zero-order chi connectivity index (χ0) is 67.1. The number of fused-ring (bicyclic) bond motifs is 18. The van der Waals surface area contributed by atoms with Gasteiger partial charge in [0.25, 0.3) is 0 Å². The number of ether oxygens (including phenoxy) is 2. The maximum absolute atomic E-state index is 9.34. The molecule has 0 amide bonds. The maximum atomic E-state index is 9.34. The van der Waals surface area contributed by atoms with Gasteiger partial charge in [0.1, 0.15) is 23.0 Å². The molecule has 0 unspecified atom stereocenters. The second-order valence-electron chi connectivity index (χ2n) is 28.9. The van der Waals surface area contributed by atoms with Crippen molar-refractivity contribution >= 4 is 38.2 Å². The number of hydrogen-bond acceptors (Lipinski definition) is 10. The number of nitriles is 2. The van der Waals surface area contributed by atoms with Crippen molar-refractivity contribution < 1.29 is 37.4 Å². The third-order valence-electron chi connectivity index (χ3n) is 21.9. The second kappa shape index (κ2) is 22.6. The lowest BCUT2D eigenvalue weighted by Gasteiger charge is -2.39. The van der Waals surface area contributed by atoms with Crippen LogP contribution in [0.3, 0.4) is 0 Å². The minimum absolute atomic E-state index is 0.360. The van der Waals surface area contributed by atoms with E-state index in [1.165, 1.54) is 27.8 Å². The van der Waals surface area contributed by atoms with Crippen LogP contribution < -0.4 is 14.9 Å². The molecule has 7 aliphatic rings. The molecule has 2 spiro atoms. The maximum Gasteiger partial charge on any atom is 0.494 e. The summed E-state index contributed by atoms with van der Waals surface area (Å²) in [5, 5.41) is 19.2. The van der Waals surface area contributed by atoms with E-state index in [0.717, 1.165) is 89.7 Å². The van der Waals surface area contributed by atoms with Gasteiger partial charge in [-0.15, -0.1) is 0 Å². The molecule has 5 aliphatic heterocycles. The lowest BCUT2D eigenvalue weighted by molar-refractivity contribution is 0.00578. The first kappa shape index (κ1) is 63.1. The van der Waals surface area contributed by atoms with Crippen molar-refractivity contribution in [3.8, 4) is 79.6 Å². The van der Waals surface area contributed by atoms with Crippen LogP contribution in [-0.2, 0) is 38.8 Å². The summed E-state index contributed by atoms with van der Waals surface area (Å²) >= 11 is 6.55. The molecule has 0 N–H and O–H groups in total. The highest BCUT2D eigenvalue weighted by Gasteiger charge is 2.64. The van der Waals surface area contributed by atoms with E-state index >= 15 is 0 Å². The van der Waals surface area contributed by atoms with E-state index in [1.807, 2.05) is 146 Å². The molecule has 3 fully saturated rings. The topological polar surface area (TPSA) is 121 Å². The Morgan fingerprint density at radius 1 is 0.302 bits per heavy atom. The zero-order valence-electron chi connectivity index (χ0n) is 56.1. The number of halogens is 1. The summed E-state index contributed by atoms with van der Waals surface area (Å²) in [6.45, 7) is 24.6. The van der Waals surface area contributed by atoms with Crippen LogP contribution in [0, 0.1) is 22.7 Å². The second-order valence-corrected chi connectivity index (χ2v) is 29.4. The van der Waals surface area contributed by atoms with E-state index in [9.17, 15) is 10.5 Å². The van der Waals surface area contributed by atoms with Gasteiger partial charge in [-0.3, -0.25) is 0 Å². The van der Waals surface area contributed by atoms with Gasteiger partial charge in [0.05, 0.1) is 67.7 Å². The fourth-order valence-electron chi connectivity index (χ4n) is 14.8. The highest BCUT2D eigenvalue weighted by Crippen LogP contribution is 2.64. The molecule has 0 saturated carbocycles.